The Morgan fingerprint density at radius 1 is 1.57 bits per heavy atom. The van der Waals surface area contributed by atoms with Crippen molar-refractivity contribution in [3.8, 4) is 0 Å². The number of carboxylic acid groups (broad SMARTS) is 1. The minimum absolute atomic E-state index is 0.292. The zero-order valence-corrected chi connectivity index (χ0v) is 9.48. The number of rotatable bonds is 5. The Morgan fingerprint density at radius 2 is 2.21 bits per heavy atom. The fourth-order valence-electron chi connectivity index (χ4n) is 1.78. The van der Waals surface area contributed by atoms with Crippen LogP contribution in [-0.2, 0) is 4.79 Å². The largest absolute Gasteiger partial charge is 0.481 e. The van der Waals surface area contributed by atoms with Crippen molar-refractivity contribution in [2.75, 3.05) is 18.8 Å². The Labute approximate surface area is 89.6 Å². The van der Waals surface area contributed by atoms with Gasteiger partial charge in [0.15, 0.2) is 0 Å². The molecule has 0 radical (unpaired) electrons. The summed E-state index contributed by atoms with van der Waals surface area (Å²) in [6.45, 7) is 4.46. The van der Waals surface area contributed by atoms with Crippen LogP contribution in [0.15, 0.2) is 0 Å². The van der Waals surface area contributed by atoms with Crippen molar-refractivity contribution in [1.29, 1.82) is 0 Å². The molecule has 2 N–H and O–H groups in total. The van der Waals surface area contributed by atoms with Crippen molar-refractivity contribution < 1.29 is 9.90 Å². The van der Waals surface area contributed by atoms with Gasteiger partial charge in [-0.3, -0.25) is 4.79 Å². The van der Waals surface area contributed by atoms with E-state index in [1.165, 1.54) is 12.8 Å². The van der Waals surface area contributed by atoms with Crippen molar-refractivity contribution in [2.24, 2.45) is 5.92 Å². The summed E-state index contributed by atoms with van der Waals surface area (Å²) < 4.78 is 0. The van der Waals surface area contributed by atoms with Gasteiger partial charge in [-0.25, -0.2) is 0 Å². The van der Waals surface area contributed by atoms with Crippen LogP contribution in [0.4, 0.5) is 0 Å². The Balaban J connectivity index is 2.13. The molecule has 82 valence electrons. The summed E-state index contributed by atoms with van der Waals surface area (Å²) in [6.07, 6.45) is 2.77. The highest BCUT2D eigenvalue weighted by atomic mass is 32.2. The third-order valence-corrected chi connectivity index (χ3v) is 4.09. The van der Waals surface area contributed by atoms with E-state index in [9.17, 15) is 4.79 Å². The van der Waals surface area contributed by atoms with Crippen molar-refractivity contribution >= 4 is 17.7 Å². The van der Waals surface area contributed by atoms with E-state index in [2.05, 4.69) is 12.2 Å². The lowest BCUT2D eigenvalue weighted by Crippen LogP contribution is -2.31. The Morgan fingerprint density at radius 3 is 2.79 bits per heavy atom. The van der Waals surface area contributed by atoms with E-state index in [-0.39, 0.29) is 0 Å². The number of carboxylic acids is 1. The summed E-state index contributed by atoms with van der Waals surface area (Å²) in [6, 6.07) is 0. The van der Waals surface area contributed by atoms with Crippen LogP contribution in [0.25, 0.3) is 0 Å². The van der Waals surface area contributed by atoms with Gasteiger partial charge >= 0.3 is 5.97 Å². The molecule has 4 heteroatoms. The average molecular weight is 217 g/mol. The molecule has 1 fully saturated rings. The van der Waals surface area contributed by atoms with Gasteiger partial charge in [0.05, 0.1) is 6.42 Å². The van der Waals surface area contributed by atoms with E-state index >= 15 is 0 Å². The molecule has 0 aromatic carbocycles. The van der Waals surface area contributed by atoms with Crippen molar-refractivity contribution in [2.45, 2.75) is 31.4 Å². The van der Waals surface area contributed by atoms with Gasteiger partial charge in [-0.15, -0.1) is 0 Å². The molecule has 0 aromatic heterocycles. The van der Waals surface area contributed by atoms with Gasteiger partial charge in [-0.2, -0.15) is 11.8 Å². The second kappa shape index (κ2) is 6.30. The first-order chi connectivity index (χ1) is 6.70. The molecule has 3 nitrogen and oxygen atoms in total. The van der Waals surface area contributed by atoms with E-state index in [0.29, 0.717) is 11.7 Å². The van der Waals surface area contributed by atoms with Gasteiger partial charge in [-0.05, 0) is 31.8 Å². The molecule has 1 aliphatic heterocycles. The van der Waals surface area contributed by atoms with Crippen molar-refractivity contribution in [1.82, 2.24) is 5.32 Å². The van der Waals surface area contributed by atoms with E-state index in [1.807, 2.05) is 0 Å². The van der Waals surface area contributed by atoms with Crippen LogP contribution >= 0.6 is 11.8 Å². The zero-order chi connectivity index (χ0) is 10.4. The highest BCUT2D eigenvalue weighted by Crippen LogP contribution is 2.26. The number of hydrogen-bond acceptors (Lipinski definition) is 3. The maximum absolute atomic E-state index is 10.3. The van der Waals surface area contributed by atoms with Crippen molar-refractivity contribution in [3.63, 3.8) is 0 Å². The van der Waals surface area contributed by atoms with Gasteiger partial charge in [0, 0.05) is 11.0 Å². The summed E-state index contributed by atoms with van der Waals surface area (Å²) in [5.41, 5.74) is 0. The maximum atomic E-state index is 10.3. The standard InChI is InChI=1S/C10H19NO2S/c1-8(14-7-4-10(12)13)9-2-5-11-6-3-9/h8-9,11H,2-7H2,1H3,(H,12,13). The number of carbonyl (C=O) groups is 1. The molecule has 1 saturated heterocycles. The van der Waals surface area contributed by atoms with Crippen LogP contribution in [0, 0.1) is 5.92 Å². The SMILES string of the molecule is CC(SCCC(=O)O)C1CCNCC1. The molecule has 0 amide bonds. The van der Waals surface area contributed by atoms with Crippen LogP contribution in [0.2, 0.25) is 0 Å². The number of nitrogens with one attached hydrogen (secondary N) is 1. The topological polar surface area (TPSA) is 49.3 Å². The monoisotopic (exact) mass is 217 g/mol. The lowest BCUT2D eigenvalue weighted by Gasteiger charge is -2.27. The maximum Gasteiger partial charge on any atom is 0.304 e. The Bertz CT molecular complexity index is 181. The van der Waals surface area contributed by atoms with Crippen LogP contribution in [0.1, 0.15) is 26.2 Å². The van der Waals surface area contributed by atoms with Crippen molar-refractivity contribution in [3.05, 3.63) is 0 Å². The third kappa shape index (κ3) is 4.33. The Kier molecular flexibility index (Phi) is 5.33. The predicted octanol–water partition coefficient (Wildman–Crippen LogP) is 1.58. The molecule has 1 aliphatic rings. The minimum atomic E-state index is -0.685. The molecular weight excluding hydrogens is 198 g/mol. The second-order valence-electron chi connectivity index (χ2n) is 3.81. The third-order valence-electron chi connectivity index (χ3n) is 2.74. The number of thioether (sulfide) groups is 1. The van der Waals surface area contributed by atoms with Crippen LogP contribution in [0.3, 0.4) is 0 Å². The number of hydrogen-bond donors (Lipinski definition) is 2. The fraction of sp³-hybridized carbons (Fsp3) is 0.900. The first-order valence-corrected chi connectivity index (χ1v) is 6.29. The smallest absolute Gasteiger partial charge is 0.304 e. The molecule has 1 heterocycles. The number of aliphatic carboxylic acids is 1. The van der Waals surface area contributed by atoms with Crippen LogP contribution in [0.5, 0.6) is 0 Å². The molecular formula is C10H19NO2S. The summed E-state index contributed by atoms with van der Waals surface area (Å²) in [4.78, 5) is 10.3. The Hall–Kier alpha value is -0.220. The first kappa shape index (κ1) is 11.9. The number of piperidine rings is 1. The van der Waals surface area contributed by atoms with Gasteiger partial charge in [-0.1, -0.05) is 6.92 Å². The lowest BCUT2D eigenvalue weighted by atomic mass is 9.95. The molecule has 1 atom stereocenters. The summed E-state index contributed by atoms with van der Waals surface area (Å²) in [5, 5.41) is 12.5. The molecule has 0 aromatic rings. The summed E-state index contributed by atoms with van der Waals surface area (Å²) in [7, 11) is 0. The molecule has 1 unspecified atom stereocenters. The molecule has 0 aliphatic carbocycles. The van der Waals surface area contributed by atoms with E-state index in [1.54, 1.807) is 11.8 Å². The quantitative estimate of drug-likeness (QED) is 0.734. The highest BCUT2D eigenvalue weighted by Gasteiger charge is 2.19. The van der Waals surface area contributed by atoms with Gasteiger partial charge < -0.3 is 10.4 Å². The zero-order valence-electron chi connectivity index (χ0n) is 8.66. The second-order valence-corrected chi connectivity index (χ2v) is 5.29. The minimum Gasteiger partial charge on any atom is -0.481 e. The highest BCUT2D eigenvalue weighted by molar-refractivity contribution is 7.99. The molecule has 1 rings (SSSR count). The average Bonchev–Trinajstić information content (AvgIpc) is 2.18. The molecule has 0 bridgehead atoms. The predicted molar refractivity (Wildman–Crippen MR) is 59.8 cm³/mol. The van der Waals surface area contributed by atoms with E-state index < -0.39 is 5.97 Å². The fourth-order valence-corrected chi connectivity index (χ4v) is 2.99. The molecule has 14 heavy (non-hydrogen) atoms. The van der Waals surface area contributed by atoms with Crippen LogP contribution in [-0.4, -0.2) is 35.2 Å². The summed E-state index contributed by atoms with van der Waals surface area (Å²) in [5.74, 6) is 0.838. The van der Waals surface area contributed by atoms with E-state index in [4.69, 9.17) is 5.11 Å². The van der Waals surface area contributed by atoms with E-state index in [0.717, 1.165) is 24.8 Å². The first-order valence-electron chi connectivity index (χ1n) is 5.24. The summed E-state index contributed by atoms with van der Waals surface area (Å²) >= 11 is 1.80. The van der Waals surface area contributed by atoms with Gasteiger partial charge in [0.2, 0.25) is 0 Å². The van der Waals surface area contributed by atoms with Gasteiger partial charge in [0.25, 0.3) is 0 Å². The molecule has 0 saturated carbocycles. The lowest BCUT2D eigenvalue weighted by molar-refractivity contribution is -0.136. The van der Waals surface area contributed by atoms with Gasteiger partial charge in [0.1, 0.15) is 0 Å². The molecule has 0 spiro atoms. The normalized spacial score (nSPS) is 20.6. The van der Waals surface area contributed by atoms with Crippen LogP contribution < -0.4 is 5.32 Å².